The van der Waals surface area contributed by atoms with E-state index in [2.05, 4.69) is 34.0 Å². The molecule has 4 nitrogen and oxygen atoms in total. The van der Waals surface area contributed by atoms with Gasteiger partial charge in [-0.25, -0.2) is 9.97 Å². The van der Waals surface area contributed by atoms with Gasteiger partial charge in [0.05, 0.1) is 11.8 Å². The van der Waals surface area contributed by atoms with Crippen molar-refractivity contribution in [1.29, 1.82) is 0 Å². The van der Waals surface area contributed by atoms with E-state index in [0.717, 1.165) is 55.1 Å². The highest BCUT2D eigenvalue weighted by Gasteiger charge is 2.35. The Morgan fingerprint density at radius 3 is 2.88 bits per heavy atom. The molecule has 0 unspecified atom stereocenters. The maximum absolute atomic E-state index is 12.6. The molecule has 0 saturated carbocycles. The molecule has 2 aromatic rings. The van der Waals surface area contributed by atoms with Gasteiger partial charge in [0, 0.05) is 24.5 Å². The van der Waals surface area contributed by atoms with Gasteiger partial charge in [-0.15, -0.1) is 11.3 Å². The van der Waals surface area contributed by atoms with Crippen molar-refractivity contribution in [3.8, 4) is 0 Å². The third kappa shape index (κ3) is 3.80. The quantitative estimate of drug-likeness (QED) is 0.886. The number of halogens is 3. The number of fused-ring (bicyclic) bond motifs is 1. The van der Waals surface area contributed by atoms with Crippen LogP contribution >= 0.6 is 11.3 Å². The number of thiophene rings is 1. The number of aromatic nitrogens is 2. The van der Waals surface area contributed by atoms with Gasteiger partial charge in [-0.1, -0.05) is 13.8 Å². The summed E-state index contributed by atoms with van der Waals surface area (Å²) in [4.78, 5) is 11.6. The minimum Gasteiger partial charge on any atom is -0.355 e. The molecule has 1 fully saturated rings. The van der Waals surface area contributed by atoms with Crippen molar-refractivity contribution in [1.82, 2.24) is 15.3 Å². The summed E-state index contributed by atoms with van der Waals surface area (Å²) in [6, 6.07) is 1.60. The zero-order chi connectivity index (χ0) is 17.4. The Labute approximate surface area is 143 Å². The molecule has 1 aliphatic heterocycles. The predicted octanol–water partition coefficient (Wildman–Crippen LogP) is 3.62. The van der Waals surface area contributed by atoms with Gasteiger partial charge in [0.25, 0.3) is 0 Å². The molecule has 2 aromatic heterocycles. The lowest BCUT2D eigenvalue weighted by Crippen LogP contribution is -2.34. The number of hydrogen-bond donors (Lipinski definition) is 1. The topological polar surface area (TPSA) is 41.0 Å². The summed E-state index contributed by atoms with van der Waals surface area (Å²) < 4.78 is 37.9. The van der Waals surface area contributed by atoms with Crippen molar-refractivity contribution >= 4 is 27.4 Å². The molecule has 3 heterocycles. The molecule has 1 aliphatic rings. The fourth-order valence-electron chi connectivity index (χ4n) is 3.21. The summed E-state index contributed by atoms with van der Waals surface area (Å²) in [5, 5.41) is 4.12. The Bertz CT molecular complexity index is 715. The highest BCUT2D eigenvalue weighted by Crippen LogP contribution is 2.37. The number of hydrogen-bond acceptors (Lipinski definition) is 5. The van der Waals surface area contributed by atoms with Gasteiger partial charge < -0.3 is 10.2 Å². The average Bonchev–Trinajstić information content (AvgIpc) is 3.06. The van der Waals surface area contributed by atoms with Crippen LogP contribution in [0.25, 0.3) is 10.2 Å². The molecule has 1 saturated heterocycles. The lowest BCUT2D eigenvalue weighted by atomic mass is 9.90. The normalized spacial score (nSPS) is 21.8. The van der Waals surface area contributed by atoms with Gasteiger partial charge in [-0.05, 0) is 24.4 Å². The first-order chi connectivity index (χ1) is 11.3. The first-order valence-electron chi connectivity index (χ1n) is 8.05. The van der Waals surface area contributed by atoms with Crippen LogP contribution in [0.5, 0.6) is 0 Å². The van der Waals surface area contributed by atoms with E-state index in [-0.39, 0.29) is 10.3 Å². The van der Waals surface area contributed by atoms with E-state index < -0.39 is 12.6 Å². The Morgan fingerprint density at radius 1 is 1.38 bits per heavy atom. The van der Waals surface area contributed by atoms with Crippen molar-refractivity contribution in [2.75, 3.05) is 31.1 Å². The van der Waals surface area contributed by atoms with E-state index in [9.17, 15) is 13.2 Å². The van der Waals surface area contributed by atoms with Crippen molar-refractivity contribution in [3.05, 3.63) is 17.3 Å². The molecule has 0 spiro atoms. The lowest BCUT2D eigenvalue weighted by Gasteiger charge is -2.25. The SMILES string of the molecule is CCNC[C@@]1(C)CCN(c2ncnc3sc(CC(F)(F)F)cc23)C1. The van der Waals surface area contributed by atoms with Crippen LogP contribution in [0.3, 0.4) is 0 Å². The van der Waals surface area contributed by atoms with Gasteiger partial charge >= 0.3 is 6.18 Å². The van der Waals surface area contributed by atoms with Crippen LogP contribution in [0.4, 0.5) is 19.0 Å². The van der Waals surface area contributed by atoms with Gasteiger partial charge in [0.1, 0.15) is 17.0 Å². The van der Waals surface area contributed by atoms with Gasteiger partial charge in [-0.3, -0.25) is 0 Å². The molecule has 8 heteroatoms. The summed E-state index contributed by atoms with van der Waals surface area (Å²) in [6.07, 6.45) is -2.63. The first kappa shape index (κ1) is 17.4. The molecule has 0 aromatic carbocycles. The molecule has 1 atom stereocenters. The minimum atomic E-state index is -4.20. The molecule has 0 aliphatic carbocycles. The maximum atomic E-state index is 12.6. The fraction of sp³-hybridized carbons (Fsp3) is 0.625. The minimum absolute atomic E-state index is 0.151. The zero-order valence-electron chi connectivity index (χ0n) is 13.8. The Kier molecular flexibility index (Phi) is 4.70. The smallest absolute Gasteiger partial charge is 0.355 e. The van der Waals surface area contributed by atoms with E-state index in [1.54, 1.807) is 6.07 Å². The molecule has 0 amide bonds. The highest BCUT2D eigenvalue weighted by molar-refractivity contribution is 7.18. The number of anilines is 1. The Hall–Kier alpha value is -1.41. The molecule has 1 N–H and O–H groups in total. The maximum Gasteiger partial charge on any atom is 0.393 e. The molecular formula is C16H21F3N4S. The van der Waals surface area contributed by atoms with Crippen molar-refractivity contribution < 1.29 is 13.2 Å². The highest BCUT2D eigenvalue weighted by atomic mass is 32.1. The van der Waals surface area contributed by atoms with Crippen LogP contribution in [-0.4, -0.2) is 42.3 Å². The number of rotatable bonds is 5. The number of nitrogens with one attached hydrogen (secondary N) is 1. The first-order valence-corrected chi connectivity index (χ1v) is 8.87. The monoisotopic (exact) mass is 358 g/mol. The summed E-state index contributed by atoms with van der Waals surface area (Å²) in [7, 11) is 0. The van der Waals surface area contributed by atoms with Crippen LogP contribution < -0.4 is 10.2 Å². The predicted molar refractivity (Wildman–Crippen MR) is 90.7 cm³/mol. The molecule has 0 radical (unpaired) electrons. The van der Waals surface area contributed by atoms with Crippen molar-refractivity contribution in [3.63, 3.8) is 0 Å². The molecule has 24 heavy (non-hydrogen) atoms. The van der Waals surface area contributed by atoms with Crippen molar-refractivity contribution in [2.45, 2.75) is 32.9 Å². The summed E-state index contributed by atoms with van der Waals surface area (Å²) in [6.45, 7) is 7.87. The number of nitrogens with zero attached hydrogens (tertiary/aromatic N) is 3. The Balaban J connectivity index is 1.85. The summed E-state index contributed by atoms with van der Waals surface area (Å²) in [5.41, 5.74) is 0.151. The van der Waals surface area contributed by atoms with E-state index >= 15 is 0 Å². The van der Waals surface area contributed by atoms with E-state index in [0.29, 0.717) is 4.83 Å². The van der Waals surface area contributed by atoms with Crippen LogP contribution in [0.2, 0.25) is 0 Å². The summed E-state index contributed by atoms with van der Waals surface area (Å²) in [5.74, 6) is 0.755. The molecule has 3 rings (SSSR count). The lowest BCUT2D eigenvalue weighted by molar-refractivity contribution is -0.126. The van der Waals surface area contributed by atoms with Crippen LogP contribution in [-0.2, 0) is 6.42 Å². The fourth-order valence-corrected chi connectivity index (χ4v) is 4.23. The third-order valence-corrected chi connectivity index (χ3v) is 5.44. The second kappa shape index (κ2) is 6.48. The molecule has 132 valence electrons. The van der Waals surface area contributed by atoms with Gasteiger partial charge in [0.2, 0.25) is 0 Å². The standard InChI is InChI=1S/C16H21F3N4S/c1-3-20-8-15(2)4-5-23(9-15)13-12-6-11(7-16(17,18)19)24-14(12)22-10-21-13/h6,10,20H,3-5,7-9H2,1-2H3/t15-/m1/s1. The van der Waals surface area contributed by atoms with E-state index in [4.69, 9.17) is 0 Å². The third-order valence-electron chi connectivity index (χ3n) is 4.39. The largest absolute Gasteiger partial charge is 0.393 e. The van der Waals surface area contributed by atoms with Gasteiger partial charge in [-0.2, -0.15) is 13.2 Å². The molecule has 0 bridgehead atoms. The Morgan fingerprint density at radius 2 is 2.17 bits per heavy atom. The molecular weight excluding hydrogens is 337 g/mol. The second-order valence-electron chi connectivity index (χ2n) is 6.68. The van der Waals surface area contributed by atoms with Crippen LogP contribution in [0.15, 0.2) is 12.4 Å². The summed E-state index contributed by atoms with van der Waals surface area (Å²) >= 11 is 1.10. The van der Waals surface area contributed by atoms with Crippen LogP contribution in [0.1, 0.15) is 25.1 Å². The van der Waals surface area contributed by atoms with E-state index in [1.807, 2.05) is 0 Å². The average molecular weight is 358 g/mol. The van der Waals surface area contributed by atoms with Gasteiger partial charge in [0.15, 0.2) is 0 Å². The second-order valence-corrected chi connectivity index (χ2v) is 7.80. The van der Waals surface area contributed by atoms with E-state index in [1.165, 1.54) is 6.33 Å². The number of alkyl halides is 3. The zero-order valence-corrected chi connectivity index (χ0v) is 14.6. The van der Waals surface area contributed by atoms with Crippen molar-refractivity contribution in [2.24, 2.45) is 5.41 Å². The van der Waals surface area contributed by atoms with Crippen LogP contribution in [0, 0.1) is 5.41 Å².